The molecule has 0 aliphatic rings. The predicted octanol–water partition coefficient (Wildman–Crippen LogP) is 5.16. The molecule has 0 radical (unpaired) electrons. The Kier molecular flexibility index (Phi) is 5.85. The summed E-state index contributed by atoms with van der Waals surface area (Å²) in [5.74, 6) is 0.0481. The zero-order chi connectivity index (χ0) is 22.0. The van der Waals surface area contributed by atoms with E-state index in [4.69, 9.17) is 10.1 Å². The highest BCUT2D eigenvalue weighted by molar-refractivity contribution is 5.85. The molecule has 2 heterocycles. The monoisotopic (exact) mass is 412 g/mol. The molecule has 2 aromatic heterocycles. The fraction of sp³-hybridized carbons (Fsp3) is 0.269. The van der Waals surface area contributed by atoms with E-state index in [1.807, 2.05) is 86.1 Å². The molecule has 31 heavy (non-hydrogen) atoms. The van der Waals surface area contributed by atoms with Crippen LogP contribution in [-0.4, -0.2) is 20.7 Å². The fourth-order valence-corrected chi connectivity index (χ4v) is 4.20. The number of aromatic nitrogens is 3. The lowest BCUT2D eigenvalue weighted by molar-refractivity contribution is -0.121. The predicted molar refractivity (Wildman–Crippen MR) is 124 cm³/mol. The van der Waals surface area contributed by atoms with Crippen LogP contribution < -0.4 is 5.32 Å². The van der Waals surface area contributed by atoms with Crippen LogP contribution in [0.2, 0.25) is 0 Å². The molecule has 0 saturated heterocycles. The number of amides is 1. The van der Waals surface area contributed by atoms with Crippen molar-refractivity contribution in [2.24, 2.45) is 0 Å². The van der Waals surface area contributed by atoms with Crippen molar-refractivity contribution >= 4 is 16.9 Å². The Morgan fingerprint density at radius 3 is 2.29 bits per heavy atom. The number of rotatable bonds is 6. The maximum Gasteiger partial charge on any atom is 0.220 e. The van der Waals surface area contributed by atoms with Gasteiger partial charge in [0.1, 0.15) is 0 Å². The van der Waals surface area contributed by atoms with E-state index in [-0.39, 0.29) is 11.9 Å². The van der Waals surface area contributed by atoms with Crippen LogP contribution in [0.3, 0.4) is 0 Å². The number of para-hydroxylation sites is 1. The molecule has 4 rings (SSSR count). The Morgan fingerprint density at radius 1 is 0.968 bits per heavy atom. The molecule has 5 nitrogen and oxygen atoms in total. The van der Waals surface area contributed by atoms with Crippen molar-refractivity contribution in [1.82, 2.24) is 20.1 Å². The Morgan fingerprint density at radius 2 is 1.61 bits per heavy atom. The van der Waals surface area contributed by atoms with Crippen molar-refractivity contribution in [2.45, 2.75) is 46.6 Å². The third-order valence-corrected chi connectivity index (χ3v) is 5.85. The van der Waals surface area contributed by atoms with Crippen molar-refractivity contribution in [3.8, 4) is 5.69 Å². The summed E-state index contributed by atoms with van der Waals surface area (Å²) in [6, 6.07) is 20.1. The van der Waals surface area contributed by atoms with Crippen LogP contribution in [0.25, 0.3) is 16.7 Å². The summed E-state index contributed by atoms with van der Waals surface area (Å²) in [4.78, 5) is 17.5. The highest BCUT2D eigenvalue weighted by Gasteiger charge is 2.18. The number of carbonyl (C=O) groups excluding carboxylic acids is 1. The summed E-state index contributed by atoms with van der Waals surface area (Å²) < 4.78 is 1.91. The highest BCUT2D eigenvalue weighted by atomic mass is 16.1. The van der Waals surface area contributed by atoms with E-state index in [9.17, 15) is 4.79 Å². The van der Waals surface area contributed by atoms with Gasteiger partial charge in [-0.25, -0.2) is 9.67 Å². The van der Waals surface area contributed by atoms with E-state index in [2.05, 4.69) is 12.2 Å². The zero-order valence-corrected chi connectivity index (χ0v) is 18.5. The van der Waals surface area contributed by atoms with Crippen LogP contribution in [0.15, 0.2) is 60.7 Å². The van der Waals surface area contributed by atoms with Crippen molar-refractivity contribution in [3.05, 3.63) is 88.7 Å². The smallest absolute Gasteiger partial charge is 0.220 e. The molecule has 0 aliphatic heterocycles. The Bertz CT molecular complexity index is 1210. The molecule has 5 heteroatoms. The lowest BCUT2D eigenvalue weighted by atomic mass is 9.99. The van der Waals surface area contributed by atoms with E-state index in [1.54, 1.807) is 0 Å². The second-order valence-electron chi connectivity index (χ2n) is 8.03. The lowest BCUT2D eigenvalue weighted by Crippen LogP contribution is -2.27. The van der Waals surface area contributed by atoms with Crippen LogP contribution in [-0.2, 0) is 11.2 Å². The molecule has 4 aromatic rings. The van der Waals surface area contributed by atoms with Crippen LogP contribution in [0.1, 0.15) is 47.5 Å². The molecule has 1 N–H and O–H groups in total. The van der Waals surface area contributed by atoms with E-state index in [0.29, 0.717) is 12.8 Å². The first kappa shape index (κ1) is 20.8. The zero-order valence-electron chi connectivity index (χ0n) is 18.5. The minimum absolute atomic E-state index is 0.0113. The van der Waals surface area contributed by atoms with Gasteiger partial charge in [0.2, 0.25) is 5.91 Å². The summed E-state index contributed by atoms with van der Waals surface area (Å²) in [6.07, 6.45) is 1.09. The second-order valence-corrected chi connectivity index (χ2v) is 8.03. The molecule has 0 spiro atoms. The largest absolute Gasteiger partial charge is 0.350 e. The minimum Gasteiger partial charge on any atom is -0.350 e. The van der Waals surface area contributed by atoms with E-state index < -0.39 is 0 Å². The first-order valence-electron chi connectivity index (χ1n) is 10.7. The molecule has 158 valence electrons. The van der Waals surface area contributed by atoms with Gasteiger partial charge in [0.05, 0.1) is 17.4 Å². The first-order chi connectivity index (χ1) is 15.0. The summed E-state index contributed by atoms with van der Waals surface area (Å²) in [7, 11) is 0. The van der Waals surface area contributed by atoms with Gasteiger partial charge in [-0.2, -0.15) is 5.10 Å². The average molecular weight is 413 g/mol. The quantitative estimate of drug-likeness (QED) is 0.476. The van der Waals surface area contributed by atoms with Crippen molar-refractivity contribution in [1.29, 1.82) is 0 Å². The number of hydrogen-bond acceptors (Lipinski definition) is 3. The number of carbonyl (C=O) groups is 1. The van der Waals surface area contributed by atoms with Crippen molar-refractivity contribution < 1.29 is 4.79 Å². The molecular weight excluding hydrogens is 384 g/mol. The van der Waals surface area contributed by atoms with Crippen LogP contribution in [0.4, 0.5) is 0 Å². The van der Waals surface area contributed by atoms with Crippen LogP contribution >= 0.6 is 0 Å². The molecule has 0 aliphatic carbocycles. The normalized spacial score (nSPS) is 12.1. The number of fused-ring (bicyclic) bond motifs is 1. The van der Waals surface area contributed by atoms with Gasteiger partial charge in [0, 0.05) is 17.5 Å². The van der Waals surface area contributed by atoms with Gasteiger partial charge >= 0.3 is 0 Å². The molecule has 0 bridgehead atoms. The number of hydrogen-bond donors (Lipinski definition) is 1. The summed E-state index contributed by atoms with van der Waals surface area (Å²) in [5.41, 5.74) is 7.16. The molecule has 1 amide bonds. The van der Waals surface area contributed by atoms with Gasteiger partial charge in [-0.15, -0.1) is 0 Å². The van der Waals surface area contributed by atoms with Crippen LogP contribution in [0, 0.1) is 20.8 Å². The van der Waals surface area contributed by atoms with Gasteiger partial charge in [-0.3, -0.25) is 4.79 Å². The Balaban J connectivity index is 1.56. The maximum absolute atomic E-state index is 12.6. The molecule has 1 unspecified atom stereocenters. The van der Waals surface area contributed by atoms with Gasteiger partial charge in [0.15, 0.2) is 5.65 Å². The van der Waals surface area contributed by atoms with E-state index in [0.717, 1.165) is 44.8 Å². The molecule has 2 aromatic carbocycles. The summed E-state index contributed by atoms with van der Waals surface area (Å²) >= 11 is 0. The van der Waals surface area contributed by atoms with Crippen LogP contribution in [0.5, 0.6) is 0 Å². The van der Waals surface area contributed by atoms with Gasteiger partial charge in [-0.1, -0.05) is 48.5 Å². The topological polar surface area (TPSA) is 59.8 Å². The SMILES string of the molecule is Cc1nc2c(c(C)nn2-c2ccccc2)c(C)c1CCC(=O)NC(C)c1ccccc1. The summed E-state index contributed by atoms with van der Waals surface area (Å²) in [6.45, 7) is 8.16. The van der Waals surface area contributed by atoms with Gasteiger partial charge in [-0.05, 0) is 62.9 Å². The van der Waals surface area contributed by atoms with E-state index >= 15 is 0 Å². The fourth-order valence-electron chi connectivity index (χ4n) is 4.20. The number of nitrogens with zero attached hydrogens (tertiary/aromatic N) is 3. The number of nitrogens with one attached hydrogen (secondary N) is 1. The number of pyridine rings is 1. The Labute approximate surface area is 183 Å². The third kappa shape index (κ3) is 4.22. The van der Waals surface area contributed by atoms with Crippen molar-refractivity contribution in [2.75, 3.05) is 0 Å². The molecule has 0 saturated carbocycles. The molecular formula is C26H28N4O. The maximum atomic E-state index is 12.6. The lowest BCUT2D eigenvalue weighted by Gasteiger charge is -2.15. The molecule has 0 fully saturated rings. The van der Waals surface area contributed by atoms with Gasteiger partial charge < -0.3 is 5.32 Å². The summed E-state index contributed by atoms with van der Waals surface area (Å²) in [5, 5.41) is 8.92. The molecule has 1 atom stereocenters. The number of aryl methyl sites for hydroxylation is 3. The first-order valence-corrected chi connectivity index (χ1v) is 10.7. The van der Waals surface area contributed by atoms with Crippen molar-refractivity contribution in [3.63, 3.8) is 0 Å². The average Bonchev–Trinajstić information content (AvgIpc) is 3.11. The third-order valence-electron chi connectivity index (χ3n) is 5.85. The van der Waals surface area contributed by atoms with Gasteiger partial charge in [0.25, 0.3) is 0 Å². The number of benzene rings is 2. The standard InChI is InChI=1S/C26H28N4O/c1-17-23(15-16-24(31)27-18(2)21-11-7-5-8-12-21)19(3)28-26-25(17)20(4)29-30(26)22-13-9-6-10-14-22/h5-14,18H,15-16H2,1-4H3,(H,27,31). The Hall–Kier alpha value is -3.47. The van der Waals surface area contributed by atoms with E-state index in [1.165, 1.54) is 0 Å². The minimum atomic E-state index is -0.0113. The highest BCUT2D eigenvalue weighted by Crippen LogP contribution is 2.28. The second kappa shape index (κ2) is 8.72.